The molecule has 0 N–H and O–H groups in total. The molecule has 0 spiro atoms. The number of ketones is 1. The first-order chi connectivity index (χ1) is 8.56. The Morgan fingerprint density at radius 3 is 2.56 bits per heavy atom. The predicted molar refractivity (Wildman–Crippen MR) is 75.6 cm³/mol. The van der Waals surface area contributed by atoms with Gasteiger partial charge in [-0.3, -0.25) is 9.59 Å². The van der Waals surface area contributed by atoms with Crippen LogP contribution < -0.4 is 4.90 Å². The quantitative estimate of drug-likeness (QED) is 0.487. The number of carbonyl (C=O) groups excluding carboxylic acids is 2. The maximum Gasteiger partial charge on any atom is 0.299 e. The Balaban J connectivity index is 2.36. The molecule has 4 heteroatoms. The van der Waals surface area contributed by atoms with Crippen LogP contribution >= 0.6 is 15.9 Å². The minimum absolute atomic E-state index is 0.365. The fourth-order valence-electron chi connectivity index (χ4n) is 2.41. The second-order valence-electron chi connectivity index (χ2n) is 4.66. The number of halogens is 1. The van der Waals surface area contributed by atoms with Crippen LogP contribution in [0.3, 0.4) is 0 Å². The predicted octanol–water partition coefficient (Wildman–Crippen LogP) is 3.01. The molecular weight excluding hydrogens is 294 g/mol. The molecule has 0 saturated heterocycles. The van der Waals surface area contributed by atoms with Gasteiger partial charge in [-0.15, -0.1) is 0 Å². The van der Waals surface area contributed by atoms with Crippen LogP contribution in [0.1, 0.15) is 34.3 Å². The molecule has 1 aromatic rings. The maximum atomic E-state index is 12.0. The molecule has 0 bridgehead atoms. The third-order valence-electron chi connectivity index (χ3n) is 3.16. The van der Waals surface area contributed by atoms with E-state index < -0.39 is 0 Å². The van der Waals surface area contributed by atoms with Crippen LogP contribution in [0, 0.1) is 13.8 Å². The highest BCUT2D eigenvalue weighted by molar-refractivity contribution is 9.09. The largest absolute Gasteiger partial charge is 0.304 e. The van der Waals surface area contributed by atoms with Gasteiger partial charge in [0, 0.05) is 11.9 Å². The summed E-state index contributed by atoms with van der Waals surface area (Å²) in [6, 6.07) is 3.83. The van der Waals surface area contributed by atoms with Gasteiger partial charge in [-0.25, -0.2) is 0 Å². The van der Waals surface area contributed by atoms with Crippen molar-refractivity contribution in [2.45, 2.75) is 26.7 Å². The van der Waals surface area contributed by atoms with Crippen LogP contribution in [0.25, 0.3) is 0 Å². The Morgan fingerprint density at radius 2 is 1.89 bits per heavy atom. The van der Waals surface area contributed by atoms with Crippen molar-refractivity contribution in [2.75, 3.05) is 16.8 Å². The Bertz CT molecular complexity index is 511. The molecule has 1 aliphatic rings. The lowest BCUT2D eigenvalue weighted by molar-refractivity contribution is -0.114. The van der Waals surface area contributed by atoms with Crippen molar-refractivity contribution in [3.8, 4) is 0 Å². The molecular formula is C14H16BrNO2. The first kappa shape index (κ1) is 13.3. The molecule has 96 valence electrons. The van der Waals surface area contributed by atoms with E-state index in [2.05, 4.69) is 15.9 Å². The van der Waals surface area contributed by atoms with Gasteiger partial charge in [-0.1, -0.05) is 22.0 Å². The average molecular weight is 310 g/mol. The fourth-order valence-corrected chi connectivity index (χ4v) is 2.80. The summed E-state index contributed by atoms with van der Waals surface area (Å²) in [5, 5.41) is 0.919. The zero-order valence-electron chi connectivity index (χ0n) is 10.6. The first-order valence-electron chi connectivity index (χ1n) is 6.09. The smallest absolute Gasteiger partial charge is 0.299 e. The summed E-state index contributed by atoms with van der Waals surface area (Å²) in [5.41, 5.74) is 3.40. The van der Waals surface area contributed by atoms with Crippen LogP contribution in [-0.4, -0.2) is 23.6 Å². The number of Topliss-reactive ketones (excluding diaryl/α,β-unsaturated/α-hetero) is 1. The lowest BCUT2D eigenvalue weighted by Gasteiger charge is -2.18. The number of nitrogens with zero attached hydrogens (tertiary/aromatic N) is 1. The molecule has 0 fully saturated rings. The molecule has 0 aliphatic carbocycles. The van der Waals surface area contributed by atoms with E-state index in [1.54, 1.807) is 4.90 Å². The fraction of sp³-hybridized carbons (Fsp3) is 0.429. The van der Waals surface area contributed by atoms with E-state index in [-0.39, 0.29) is 11.7 Å². The highest BCUT2D eigenvalue weighted by atomic mass is 79.9. The van der Waals surface area contributed by atoms with Crippen molar-refractivity contribution in [3.63, 3.8) is 0 Å². The van der Waals surface area contributed by atoms with Crippen molar-refractivity contribution >= 4 is 33.3 Å². The van der Waals surface area contributed by atoms with Gasteiger partial charge in [0.2, 0.25) is 0 Å². The second-order valence-corrected chi connectivity index (χ2v) is 5.45. The van der Waals surface area contributed by atoms with Gasteiger partial charge in [-0.05, 0) is 43.9 Å². The summed E-state index contributed by atoms with van der Waals surface area (Å²) in [6.07, 6.45) is 1.90. The minimum Gasteiger partial charge on any atom is -0.304 e. The number of hydrogen-bond acceptors (Lipinski definition) is 2. The molecule has 0 atom stereocenters. The Morgan fingerprint density at radius 1 is 1.17 bits per heavy atom. The molecule has 2 rings (SSSR count). The van der Waals surface area contributed by atoms with Crippen molar-refractivity contribution in [1.82, 2.24) is 0 Å². The van der Waals surface area contributed by atoms with Gasteiger partial charge in [0.15, 0.2) is 0 Å². The number of rotatable bonds is 4. The van der Waals surface area contributed by atoms with Gasteiger partial charge in [0.05, 0.1) is 11.3 Å². The van der Waals surface area contributed by atoms with Crippen LogP contribution in [0.15, 0.2) is 12.1 Å². The standard InChI is InChI=1S/C14H16BrNO2/c1-9-7-10(2)12-11(8-9)13(17)14(18)16(12)6-4-3-5-15/h7-8H,3-6H2,1-2H3. The Hall–Kier alpha value is -1.16. The number of fused-ring (bicyclic) bond motifs is 1. The third-order valence-corrected chi connectivity index (χ3v) is 3.72. The summed E-state index contributed by atoms with van der Waals surface area (Å²) in [6.45, 7) is 4.51. The van der Waals surface area contributed by atoms with Crippen molar-refractivity contribution < 1.29 is 9.59 Å². The van der Waals surface area contributed by atoms with Crippen molar-refractivity contribution in [2.24, 2.45) is 0 Å². The van der Waals surface area contributed by atoms with E-state index in [0.29, 0.717) is 12.1 Å². The Labute approximate surface area is 115 Å². The zero-order valence-corrected chi connectivity index (χ0v) is 12.2. The monoisotopic (exact) mass is 309 g/mol. The van der Waals surface area contributed by atoms with Gasteiger partial charge in [-0.2, -0.15) is 0 Å². The van der Waals surface area contributed by atoms with Crippen LogP contribution in [-0.2, 0) is 4.79 Å². The Kier molecular flexibility index (Phi) is 3.85. The number of alkyl halides is 1. The molecule has 3 nitrogen and oxygen atoms in total. The number of unbranched alkanes of at least 4 members (excludes halogenated alkanes) is 1. The number of anilines is 1. The van der Waals surface area contributed by atoms with Crippen molar-refractivity contribution in [3.05, 3.63) is 28.8 Å². The molecule has 18 heavy (non-hydrogen) atoms. The van der Waals surface area contributed by atoms with E-state index in [4.69, 9.17) is 0 Å². The number of carbonyl (C=O) groups is 2. The third kappa shape index (κ3) is 2.21. The summed E-state index contributed by atoms with van der Waals surface area (Å²) in [5.74, 6) is -0.746. The molecule has 1 aliphatic heterocycles. The van der Waals surface area contributed by atoms with E-state index in [1.807, 2.05) is 26.0 Å². The minimum atomic E-state index is -0.381. The average Bonchev–Trinajstić information content (AvgIpc) is 2.55. The molecule has 0 aromatic heterocycles. The molecule has 0 saturated carbocycles. The first-order valence-corrected chi connectivity index (χ1v) is 7.22. The van der Waals surface area contributed by atoms with Crippen molar-refractivity contribution in [1.29, 1.82) is 0 Å². The second kappa shape index (κ2) is 5.22. The van der Waals surface area contributed by atoms with Crippen LogP contribution in [0.5, 0.6) is 0 Å². The van der Waals surface area contributed by atoms with Gasteiger partial charge >= 0.3 is 0 Å². The molecule has 1 amide bonds. The molecule has 0 unspecified atom stereocenters. The van der Waals surface area contributed by atoms with E-state index in [0.717, 1.165) is 35.0 Å². The van der Waals surface area contributed by atoms with Crippen LogP contribution in [0.4, 0.5) is 5.69 Å². The normalized spacial score (nSPS) is 14.3. The van der Waals surface area contributed by atoms with Gasteiger partial charge in [0.1, 0.15) is 0 Å². The summed E-state index contributed by atoms with van der Waals surface area (Å²) in [7, 11) is 0. The summed E-state index contributed by atoms with van der Waals surface area (Å²) in [4.78, 5) is 25.6. The lowest BCUT2D eigenvalue weighted by atomic mass is 10.0. The molecule has 1 heterocycles. The summed E-state index contributed by atoms with van der Waals surface area (Å²) >= 11 is 3.37. The lowest BCUT2D eigenvalue weighted by Crippen LogP contribution is -2.31. The highest BCUT2D eigenvalue weighted by Gasteiger charge is 2.36. The number of hydrogen-bond donors (Lipinski definition) is 0. The van der Waals surface area contributed by atoms with E-state index in [1.165, 1.54) is 0 Å². The molecule has 0 radical (unpaired) electrons. The van der Waals surface area contributed by atoms with E-state index in [9.17, 15) is 9.59 Å². The highest BCUT2D eigenvalue weighted by Crippen LogP contribution is 2.33. The summed E-state index contributed by atoms with van der Waals surface area (Å²) < 4.78 is 0. The van der Waals surface area contributed by atoms with Gasteiger partial charge in [0.25, 0.3) is 11.7 Å². The maximum absolute atomic E-state index is 12.0. The number of aryl methyl sites for hydroxylation is 2. The zero-order chi connectivity index (χ0) is 13.3. The topological polar surface area (TPSA) is 37.4 Å². The number of amides is 1. The number of benzene rings is 1. The van der Waals surface area contributed by atoms with E-state index >= 15 is 0 Å². The molecule has 1 aromatic carbocycles. The van der Waals surface area contributed by atoms with Gasteiger partial charge < -0.3 is 4.90 Å². The SMILES string of the molecule is Cc1cc(C)c2c(c1)C(=O)C(=O)N2CCCCBr. The van der Waals surface area contributed by atoms with Crippen LogP contribution in [0.2, 0.25) is 0 Å².